The van der Waals surface area contributed by atoms with Crippen molar-refractivity contribution < 1.29 is 18.4 Å². The van der Waals surface area contributed by atoms with Crippen LogP contribution in [0.15, 0.2) is 54.6 Å². The van der Waals surface area contributed by atoms with Gasteiger partial charge in [-0.05, 0) is 57.4 Å². The summed E-state index contributed by atoms with van der Waals surface area (Å²) in [4.78, 5) is 26.7. The number of benzene rings is 3. The molecule has 0 aliphatic carbocycles. The van der Waals surface area contributed by atoms with Crippen LogP contribution in [0.5, 0.6) is 0 Å². The molecule has 0 bridgehead atoms. The molecule has 1 aromatic heterocycles. The van der Waals surface area contributed by atoms with E-state index in [0.29, 0.717) is 28.1 Å². The third-order valence-corrected chi connectivity index (χ3v) is 5.34. The molecule has 1 aliphatic rings. The molecule has 3 aromatic carbocycles. The maximum atomic E-state index is 13.7. The van der Waals surface area contributed by atoms with E-state index in [9.17, 15) is 18.4 Å². The Balaban J connectivity index is 1.57. The summed E-state index contributed by atoms with van der Waals surface area (Å²) < 4.78 is 27.1. The van der Waals surface area contributed by atoms with Crippen molar-refractivity contribution in [2.24, 2.45) is 5.73 Å². The van der Waals surface area contributed by atoms with Gasteiger partial charge in [-0.3, -0.25) is 9.59 Å². The average Bonchev–Trinajstić information content (AvgIpc) is 3.43. The van der Waals surface area contributed by atoms with E-state index < -0.39 is 17.5 Å². The smallest absolute Gasteiger partial charge is 0.258 e. The first-order valence-electron chi connectivity index (χ1n) is 9.50. The number of nitrogens with one attached hydrogen (secondary N) is 1. The van der Waals surface area contributed by atoms with Gasteiger partial charge in [-0.1, -0.05) is 24.3 Å². The van der Waals surface area contributed by atoms with Crippen LogP contribution in [0.2, 0.25) is 0 Å². The summed E-state index contributed by atoms with van der Waals surface area (Å²) in [5.74, 6) is -2.60. The van der Waals surface area contributed by atoms with Crippen LogP contribution in [0.3, 0.4) is 0 Å². The van der Waals surface area contributed by atoms with Gasteiger partial charge < -0.3 is 10.6 Å². The standard InChI is InChI=1S/C22H14F2N6O2/c23-17-6-4-11(8-18(17)24)12-3-5-15(20(25)31)19(9-12)30-10-14-2-1-13(7-16(14)22(30)32)21-26-28-29-27-21/h1-9H,10H2,(H2,25,31)(H,26,27,28,29). The number of primary amides is 1. The molecule has 0 atom stereocenters. The Morgan fingerprint density at radius 1 is 0.969 bits per heavy atom. The van der Waals surface area contributed by atoms with E-state index in [1.165, 1.54) is 17.0 Å². The number of fused-ring (bicyclic) bond motifs is 1. The molecule has 1 aliphatic heterocycles. The van der Waals surface area contributed by atoms with Gasteiger partial charge in [0.1, 0.15) is 0 Å². The first kappa shape index (κ1) is 19.5. The molecule has 8 nitrogen and oxygen atoms in total. The van der Waals surface area contributed by atoms with E-state index in [1.807, 2.05) is 0 Å². The summed E-state index contributed by atoms with van der Waals surface area (Å²) in [6.07, 6.45) is 0. The van der Waals surface area contributed by atoms with Crippen molar-refractivity contribution in [2.45, 2.75) is 6.54 Å². The first-order chi connectivity index (χ1) is 15.4. The Bertz CT molecular complexity index is 1390. The summed E-state index contributed by atoms with van der Waals surface area (Å²) in [6, 6.07) is 13.3. The number of aromatic amines is 1. The lowest BCUT2D eigenvalue weighted by molar-refractivity contribution is 0.0996. The minimum Gasteiger partial charge on any atom is -0.366 e. The summed E-state index contributed by atoms with van der Waals surface area (Å²) >= 11 is 0. The number of anilines is 1. The average molecular weight is 432 g/mol. The topological polar surface area (TPSA) is 118 Å². The van der Waals surface area contributed by atoms with Crippen LogP contribution in [0.4, 0.5) is 14.5 Å². The number of rotatable bonds is 4. The molecule has 5 rings (SSSR count). The molecular formula is C22H14F2N6O2. The van der Waals surface area contributed by atoms with E-state index in [4.69, 9.17) is 5.73 Å². The van der Waals surface area contributed by atoms with Crippen molar-refractivity contribution in [2.75, 3.05) is 4.90 Å². The molecule has 0 unspecified atom stereocenters. The third kappa shape index (κ3) is 3.18. The lowest BCUT2D eigenvalue weighted by atomic mass is 10.0. The number of H-pyrrole nitrogens is 1. The van der Waals surface area contributed by atoms with Crippen molar-refractivity contribution in [1.82, 2.24) is 20.6 Å². The Morgan fingerprint density at radius 3 is 2.44 bits per heavy atom. The second-order valence-electron chi connectivity index (χ2n) is 7.24. The Hall–Kier alpha value is -4.47. The largest absolute Gasteiger partial charge is 0.366 e. The van der Waals surface area contributed by atoms with Gasteiger partial charge in [-0.2, -0.15) is 0 Å². The fourth-order valence-corrected chi connectivity index (χ4v) is 3.74. The highest BCUT2D eigenvalue weighted by Crippen LogP contribution is 2.35. The number of nitrogens with two attached hydrogens (primary N) is 1. The van der Waals surface area contributed by atoms with Crippen molar-refractivity contribution in [3.63, 3.8) is 0 Å². The highest BCUT2D eigenvalue weighted by molar-refractivity contribution is 6.14. The molecule has 2 heterocycles. The van der Waals surface area contributed by atoms with Gasteiger partial charge in [0.05, 0.1) is 17.8 Å². The highest BCUT2D eigenvalue weighted by atomic mass is 19.2. The normalized spacial score (nSPS) is 12.8. The van der Waals surface area contributed by atoms with Gasteiger partial charge in [0.15, 0.2) is 17.5 Å². The number of aromatic nitrogens is 4. The Morgan fingerprint density at radius 2 is 1.72 bits per heavy atom. The number of hydrogen-bond donors (Lipinski definition) is 2. The quantitative estimate of drug-likeness (QED) is 0.514. The number of carbonyl (C=O) groups excluding carboxylic acids is 2. The van der Waals surface area contributed by atoms with Gasteiger partial charge in [-0.15, -0.1) is 5.10 Å². The van der Waals surface area contributed by atoms with Gasteiger partial charge in [-0.25, -0.2) is 13.9 Å². The Labute approximate surface area is 179 Å². The van der Waals surface area contributed by atoms with Crippen LogP contribution in [-0.4, -0.2) is 32.4 Å². The molecular weight excluding hydrogens is 418 g/mol. The second kappa shape index (κ2) is 7.34. The van der Waals surface area contributed by atoms with Crippen molar-refractivity contribution in [3.8, 4) is 22.5 Å². The predicted molar refractivity (Wildman–Crippen MR) is 110 cm³/mol. The minimum absolute atomic E-state index is 0.136. The molecule has 0 saturated carbocycles. The summed E-state index contributed by atoms with van der Waals surface area (Å²) in [5.41, 5.74) is 8.67. The molecule has 0 fully saturated rings. The first-order valence-corrected chi connectivity index (χ1v) is 9.50. The highest BCUT2D eigenvalue weighted by Gasteiger charge is 2.31. The summed E-state index contributed by atoms with van der Waals surface area (Å²) in [6.45, 7) is 0.213. The SMILES string of the molecule is NC(=O)c1ccc(-c2ccc(F)c(F)c2)cc1N1Cc2ccc(-c3nnn[nH]3)cc2C1=O. The van der Waals surface area contributed by atoms with Gasteiger partial charge in [0.25, 0.3) is 11.8 Å². The maximum Gasteiger partial charge on any atom is 0.258 e. The van der Waals surface area contributed by atoms with Crippen molar-refractivity contribution >= 4 is 17.5 Å². The van der Waals surface area contributed by atoms with Crippen LogP contribution in [0, 0.1) is 11.6 Å². The van der Waals surface area contributed by atoms with Crippen molar-refractivity contribution in [1.29, 1.82) is 0 Å². The third-order valence-electron chi connectivity index (χ3n) is 5.34. The number of halogens is 2. The summed E-state index contributed by atoms with van der Waals surface area (Å²) in [7, 11) is 0. The van der Waals surface area contributed by atoms with E-state index in [0.717, 1.165) is 17.7 Å². The van der Waals surface area contributed by atoms with Gasteiger partial charge >= 0.3 is 0 Å². The van der Waals surface area contributed by atoms with Crippen LogP contribution in [0.1, 0.15) is 26.3 Å². The minimum atomic E-state index is -0.998. The van der Waals surface area contributed by atoms with Crippen molar-refractivity contribution in [3.05, 3.63) is 82.9 Å². The van der Waals surface area contributed by atoms with Crippen LogP contribution in [-0.2, 0) is 6.54 Å². The molecule has 32 heavy (non-hydrogen) atoms. The number of nitrogens with zero attached hydrogens (tertiary/aromatic N) is 4. The molecule has 4 aromatic rings. The second-order valence-corrected chi connectivity index (χ2v) is 7.24. The van der Waals surface area contributed by atoms with Crippen LogP contribution < -0.4 is 10.6 Å². The fourth-order valence-electron chi connectivity index (χ4n) is 3.74. The number of hydrogen-bond acceptors (Lipinski definition) is 5. The maximum absolute atomic E-state index is 13.7. The predicted octanol–water partition coefficient (Wildman–Crippen LogP) is 3.07. The van der Waals surface area contributed by atoms with Crippen LogP contribution >= 0.6 is 0 Å². The number of amides is 2. The molecule has 10 heteroatoms. The number of carbonyl (C=O) groups is 2. The zero-order valence-corrected chi connectivity index (χ0v) is 16.3. The lowest BCUT2D eigenvalue weighted by Crippen LogP contribution is -2.26. The van der Waals surface area contributed by atoms with Crippen LogP contribution in [0.25, 0.3) is 22.5 Å². The zero-order valence-electron chi connectivity index (χ0n) is 16.3. The monoisotopic (exact) mass is 432 g/mol. The van der Waals surface area contributed by atoms with E-state index in [2.05, 4.69) is 20.6 Å². The number of tetrazole rings is 1. The molecule has 0 saturated heterocycles. The Kier molecular flexibility index (Phi) is 4.47. The van der Waals surface area contributed by atoms with Gasteiger partial charge in [0.2, 0.25) is 0 Å². The molecule has 158 valence electrons. The van der Waals surface area contributed by atoms with Gasteiger partial charge in [0, 0.05) is 11.1 Å². The zero-order chi connectivity index (χ0) is 22.4. The molecule has 3 N–H and O–H groups in total. The van der Waals surface area contributed by atoms with E-state index in [-0.39, 0.29) is 23.7 Å². The van der Waals surface area contributed by atoms with E-state index >= 15 is 0 Å². The molecule has 2 amide bonds. The lowest BCUT2D eigenvalue weighted by Gasteiger charge is -2.20. The molecule has 0 spiro atoms. The molecule has 0 radical (unpaired) electrons. The fraction of sp³-hybridized carbons (Fsp3) is 0.0455. The summed E-state index contributed by atoms with van der Waals surface area (Å²) in [5, 5.41) is 13.6. The van der Waals surface area contributed by atoms with E-state index in [1.54, 1.807) is 30.3 Å².